The van der Waals surface area contributed by atoms with Crippen molar-refractivity contribution in [3.05, 3.63) is 65.2 Å². The summed E-state index contributed by atoms with van der Waals surface area (Å²) in [7, 11) is 4.41. The summed E-state index contributed by atoms with van der Waals surface area (Å²) in [4.78, 5) is 4.96. The molecule has 0 N–H and O–H groups in total. The van der Waals surface area contributed by atoms with Gasteiger partial charge in [0, 0.05) is 18.2 Å². The summed E-state index contributed by atoms with van der Waals surface area (Å²) in [5.74, 6) is 1.02. The van der Waals surface area contributed by atoms with Crippen LogP contribution in [0.1, 0.15) is 36.0 Å². The van der Waals surface area contributed by atoms with Crippen molar-refractivity contribution in [3.8, 4) is 5.75 Å². The van der Waals surface area contributed by atoms with E-state index in [4.69, 9.17) is 4.74 Å². The lowest BCUT2D eigenvalue weighted by Crippen LogP contribution is -2.30. The van der Waals surface area contributed by atoms with Crippen molar-refractivity contribution in [1.82, 2.24) is 9.80 Å². The second-order valence-electron chi connectivity index (χ2n) is 7.71. The standard InChI is InChI=1S/C23H32N2O/c1-19-10-12-20(13-11-19)18-26-23-9-5-4-7-21(23)17-25-15-6-8-22(14-16-25)24(2)3/h4-5,7,9-13,22H,6,8,14-18H2,1-3H3/t22-/m0/s1. The Morgan fingerprint density at radius 1 is 1.00 bits per heavy atom. The average molecular weight is 353 g/mol. The second-order valence-corrected chi connectivity index (χ2v) is 7.71. The van der Waals surface area contributed by atoms with Crippen LogP contribution in [-0.4, -0.2) is 43.0 Å². The molecule has 1 fully saturated rings. The largest absolute Gasteiger partial charge is 0.489 e. The third-order valence-corrected chi connectivity index (χ3v) is 5.40. The number of benzene rings is 2. The Labute approximate surface area is 158 Å². The van der Waals surface area contributed by atoms with Crippen molar-refractivity contribution >= 4 is 0 Å². The Hall–Kier alpha value is -1.84. The number of hydrogen-bond donors (Lipinski definition) is 0. The van der Waals surface area contributed by atoms with Crippen molar-refractivity contribution < 1.29 is 4.74 Å². The summed E-state index contributed by atoms with van der Waals surface area (Å²) in [6.45, 7) is 6.05. The summed E-state index contributed by atoms with van der Waals surface area (Å²) in [5.41, 5.74) is 3.79. The average Bonchev–Trinajstić information content (AvgIpc) is 2.88. The molecule has 0 amide bonds. The van der Waals surface area contributed by atoms with Crippen molar-refractivity contribution in [1.29, 1.82) is 0 Å². The Morgan fingerprint density at radius 2 is 1.77 bits per heavy atom. The van der Waals surface area contributed by atoms with E-state index in [9.17, 15) is 0 Å². The van der Waals surface area contributed by atoms with Crippen LogP contribution in [0.3, 0.4) is 0 Å². The predicted octanol–water partition coefficient (Wildman–Crippen LogP) is 4.49. The van der Waals surface area contributed by atoms with E-state index in [1.807, 2.05) is 0 Å². The Balaban J connectivity index is 1.60. The first kappa shape index (κ1) is 18.9. The van der Waals surface area contributed by atoms with Gasteiger partial charge in [0.2, 0.25) is 0 Å². The fraction of sp³-hybridized carbons (Fsp3) is 0.478. The first-order chi connectivity index (χ1) is 12.6. The van der Waals surface area contributed by atoms with E-state index >= 15 is 0 Å². The molecule has 3 heteroatoms. The number of aryl methyl sites for hydroxylation is 1. The van der Waals surface area contributed by atoms with Gasteiger partial charge in [0.15, 0.2) is 0 Å². The third-order valence-electron chi connectivity index (χ3n) is 5.40. The monoisotopic (exact) mass is 352 g/mol. The van der Waals surface area contributed by atoms with Gasteiger partial charge in [-0.3, -0.25) is 4.90 Å². The fourth-order valence-electron chi connectivity index (χ4n) is 3.67. The second kappa shape index (κ2) is 9.20. The summed E-state index contributed by atoms with van der Waals surface area (Å²) >= 11 is 0. The molecule has 26 heavy (non-hydrogen) atoms. The molecule has 1 saturated heterocycles. The van der Waals surface area contributed by atoms with Gasteiger partial charge in [-0.25, -0.2) is 0 Å². The molecule has 2 aromatic rings. The molecule has 2 aromatic carbocycles. The van der Waals surface area contributed by atoms with E-state index in [-0.39, 0.29) is 0 Å². The minimum Gasteiger partial charge on any atom is -0.489 e. The van der Waals surface area contributed by atoms with Crippen LogP contribution >= 0.6 is 0 Å². The van der Waals surface area contributed by atoms with Gasteiger partial charge in [0.1, 0.15) is 12.4 Å². The number of ether oxygens (including phenoxy) is 1. The molecule has 0 aromatic heterocycles. The van der Waals surface area contributed by atoms with Crippen LogP contribution < -0.4 is 4.74 Å². The van der Waals surface area contributed by atoms with Crippen molar-refractivity contribution in [2.75, 3.05) is 27.2 Å². The third kappa shape index (κ3) is 5.33. The van der Waals surface area contributed by atoms with Crippen LogP contribution in [0.2, 0.25) is 0 Å². The van der Waals surface area contributed by atoms with Crippen LogP contribution in [0, 0.1) is 6.92 Å². The Bertz CT molecular complexity index is 681. The van der Waals surface area contributed by atoms with Crippen LogP contribution in [-0.2, 0) is 13.2 Å². The molecule has 0 saturated carbocycles. The van der Waals surface area contributed by atoms with Crippen LogP contribution in [0.25, 0.3) is 0 Å². The van der Waals surface area contributed by atoms with Gasteiger partial charge in [-0.05, 0) is 65.0 Å². The maximum atomic E-state index is 6.16. The lowest BCUT2D eigenvalue weighted by molar-refractivity contribution is 0.240. The molecule has 0 spiro atoms. The van der Waals surface area contributed by atoms with E-state index < -0.39 is 0 Å². The van der Waals surface area contributed by atoms with Crippen molar-refractivity contribution in [2.45, 2.75) is 45.4 Å². The highest BCUT2D eigenvalue weighted by Gasteiger charge is 2.19. The molecule has 0 bridgehead atoms. The smallest absolute Gasteiger partial charge is 0.124 e. The van der Waals surface area contributed by atoms with Crippen molar-refractivity contribution in [3.63, 3.8) is 0 Å². The molecular formula is C23H32N2O. The molecule has 3 rings (SSSR count). The lowest BCUT2D eigenvalue weighted by atomic mass is 10.1. The predicted molar refractivity (Wildman–Crippen MR) is 109 cm³/mol. The maximum Gasteiger partial charge on any atom is 0.124 e. The maximum absolute atomic E-state index is 6.16. The van der Waals surface area contributed by atoms with Gasteiger partial charge < -0.3 is 9.64 Å². The Morgan fingerprint density at radius 3 is 2.54 bits per heavy atom. The van der Waals surface area contributed by atoms with Gasteiger partial charge in [-0.1, -0.05) is 48.0 Å². The topological polar surface area (TPSA) is 15.7 Å². The van der Waals surface area contributed by atoms with Crippen LogP contribution in [0.5, 0.6) is 5.75 Å². The van der Waals surface area contributed by atoms with Crippen molar-refractivity contribution in [2.24, 2.45) is 0 Å². The molecule has 1 atom stereocenters. The minimum atomic E-state index is 0.625. The normalized spacial score (nSPS) is 18.7. The zero-order valence-electron chi connectivity index (χ0n) is 16.4. The first-order valence-corrected chi connectivity index (χ1v) is 9.77. The summed E-state index contributed by atoms with van der Waals surface area (Å²) in [6.07, 6.45) is 3.82. The first-order valence-electron chi connectivity index (χ1n) is 9.77. The molecule has 0 aliphatic carbocycles. The molecule has 0 radical (unpaired) electrons. The van der Waals surface area contributed by atoms with Gasteiger partial charge in [-0.2, -0.15) is 0 Å². The van der Waals surface area contributed by atoms with E-state index in [1.165, 1.54) is 42.5 Å². The van der Waals surface area contributed by atoms with E-state index in [0.29, 0.717) is 12.6 Å². The highest BCUT2D eigenvalue weighted by Crippen LogP contribution is 2.23. The highest BCUT2D eigenvalue weighted by atomic mass is 16.5. The molecule has 1 aliphatic heterocycles. The van der Waals surface area contributed by atoms with E-state index in [2.05, 4.69) is 79.3 Å². The number of nitrogens with zero attached hydrogens (tertiary/aromatic N) is 2. The molecule has 1 aliphatic rings. The van der Waals surface area contributed by atoms with Crippen LogP contribution in [0.4, 0.5) is 0 Å². The summed E-state index contributed by atoms with van der Waals surface area (Å²) in [5, 5.41) is 0. The van der Waals surface area contributed by atoms with E-state index in [1.54, 1.807) is 0 Å². The fourth-order valence-corrected chi connectivity index (χ4v) is 3.67. The van der Waals surface area contributed by atoms with E-state index in [0.717, 1.165) is 18.8 Å². The van der Waals surface area contributed by atoms with Crippen LogP contribution in [0.15, 0.2) is 48.5 Å². The number of hydrogen-bond acceptors (Lipinski definition) is 3. The minimum absolute atomic E-state index is 0.625. The molecule has 0 unspecified atom stereocenters. The molecule has 3 nitrogen and oxygen atoms in total. The SMILES string of the molecule is Cc1ccc(COc2ccccc2CN2CCC[C@H](N(C)C)CC2)cc1. The number of para-hydroxylation sites is 1. The summed E-state index contributed by atoms with van der Waals surface area (Å²) in [6, 6.07) is 17.8. The molecule has 140 valence electrons. The van der Waals surface area contributed by atoms with Gasteiger partial charge in [0.25, 0.3) is 0 Å². The summed E-state index contributed by atoms with van der Waals surface area (Å²) < 4.78 is 6.16. The number of rotatable bonds is 6. The zero-order chi connectivity index (χ0) is 18.4. The van der Waals surface area contributed by atoms with Gasteiger partial charge in [-0.15, -0.1) is 0 Å². The van der Waals surface area contributed by atoms with Gasteiger partial charge >= 0.3 is 0 Å². The highest BCUT2D eigenvalue weighted by molar-refractivity contribution is 5.33. The quantitative estimate of drug-likeness (QED) is 0.762. The number of likely N-dealkylation sites (tertiary alicyclic amines) is 1. The van der Waals surface area contributed by atoms with Gasteiger partial charge in [0.05, 0.1) is 0 Å². The zero-order valence-corrected chi connectivity index (χ0v) is 16.4. The molecule has 1 heterocycles. The molecular weight excluding hydrogens is 320 g/mol. The Kier molecular flexibility index (Phi) is 6.70. The lowest BCUT2D eigenvalue weighted by Gasteiger charge is -2.24.